The van der Waals surface area contributed by atoms with Crippen LogP contribution in [0.1, 0.15) is 40.9 Å². The molecule has 2 atom stereocenters. The minimum atomic E-state index is -0.832. The molecule has 0 unspecified atom stereocenters. The SMILES string of the molecule is Cc1ccc(C)c(C(=O)O[C@H](C)C(=O)N2c3ccccc3C[C@@H]2C)c1. The smallest absolute Gasteiger partial charge is 0.339 e. The molecular weight excluding hydrogens is 314 g/mol. The molecule has 0 spiro atoms. The highest BCUT2D eigenvalue weighted by molar-refractivity contribution is 6.01. The average Bonchev–Trinajstić information content (AvgIpc) is 2.91. The Morgan fingerprint density at radius 3 is 2.64 bits per heavy atom. The number of rotatable bonds is 3. The number of hydrogen-bond acceptors (Lipinski definition) is 3. The lowest BCUT2D eigenvalue weighted by atomic mass is 10.1. The summed E-state index contributed by atoms with van der Waals surface area (Å²) in [5.74, 6) is -0.640. The van der Waals surface area contributed by atoms with Gasteiger partial charge in [-0.05, 0) is 57.4 Å². The predicted molar refractivity (Wildman–Crippen MR) is 97.9 cm³/mol. The number of nitrogens with zero attached hydrogens (tertiary/aromatic N) is 1. The fourth-order valence-electron chi connectivity index (χ4n) is 3.33. The molecule has 0 aromatic heterocycles. The van der Waals surface area contributed by atoms with Crippen molar-refractivity contribution in [2.45, 2.75) is 46.3 Å². The lowest BCUT2D eigenvalue weighted by Gasteiger charge is -2.26. The molecule has 0 saturated carbocycles. The van der Waals surface area contributed by atoms with Gasteiger partial charge >= 0.3 is 5.97 Å². The van der Waals surface area contributed by atoms with Crippen molar-refractivity contribution < 1.29 is 14.3 Å². The van der Waals surface area contributed by atoms with E-state index in [4.69, 9.17) is 4.74 Å². The summed E-state index contributed by atoms with van der Waals surface area (Å²) in [5, 5.41) is 0. The van der Waals surface area contributed by atoms with Crippen LogP contribution in [0.15, 0.2) is 42.5 Å². The molecule has 0 fully saturated rings. The lowest BCUT2D eigenvalue weighted by Crippen LogP contribution is -2.43. The van der Waals surface area contributed by atoms with Gasteiger partial charge in [0.05, 0.1) is 5.56 Å². The second kappa shape index (κ2) is 6.71. The number of benzene rings is 2. The van der Waals surface area contributed by atoms with Gasteiger partial charge in [0, 0.05) is 11.7 Å². The molecule has 0 saturated heterocycles. The molecule has 0 aliphatic carbocycles. The second-order valence-corrected chi connectivity index (χ2v) is 6.76. The van der Waals surface area contributed by atoms with Crippen LogP contribution in [0.3, 0.4) is 0 Å². The average molecular weight is 337 g/mol. The molecule has 0 N–H and O–H groups in total. The first-order valence-corrected chi connectivity index (χ1v) is 8.57. The molecule has 3 rings (SSSR count). The lowest BCUT2D eigenvalue weighted by molar-refractivity contribution is -0.126. The van der Waals surface area contributed by atoms with Crippen molar-refractivity contribution in [1.82, 2.24) is 0 Å². The van der Waals surface area contributed by atoms with Gasteiger partial charge in [0.2, 0.25) is 0 Å². The highest BCUT2D eigenvalue weighted by Crippen LogP contribution is 2.32. The molecule has 2 aromatic carbocycles. The molecule has 130 valence electrons. The van der Waals surface area contributed by atoms with Gasteiger partial charge in [-0.2, -0.15) is 0 Å². The van der Waals surface area contributed by atoms with Gasteiger partial charge in [0.25, 0.3) is 5.91 Å². The van der Waals surface area contributed by atoms with Crippen LogP contribution in [0, 0.1) is 13.8 Å². The van der Waals surface area contributed by atoms with Crippen LogP contribution in [0.2, 0.25) is 0 Å². The molecule has 1 amide bonds. The largest absolute Gasteiger partial charge is 0.449 e. The van der Waals surface area contributed by atoms with Crippen molar-refractivity contribution >= 4 is 17.6 Å². The van der Waals surface area contributed by atoms with Crippen molar-refractivity contribution in [2.75, 3.05) is 4.90 Å². The van der Waals surface area contributed by atoms with E-state index in [1.807, 2.05) is 57.2 Å². The molecule has 1 aliphatic heterocycles. The first kappa shape index (κ1) is 17.2. The number of aryl methyl sites for hydroxylation is 2. The summed E-state index contributed by atoms with van der Waals surface area (Å²) in [6, 6.07) is 13.6. The van der Waals surface area contributed by atoms with Crippen LogP contribution in [-0.4, -0.2) is 24.0 Å². The van der Waals surface area contributed by atoms with Crippen LogP contribution in [0.25, 0.3) is 0 Å². The summed E-state index contributed by atoms with van der Waals surface area (Å²) in [7, 11) is 0. The number of para-hydroxylation sites is 1. The van der Waals surface area contributed by atoms with Crippen molar-refractivity contribution in [2.24, 2.45) is 0 Å². The topological polar surface area (TPSA) is 46.6 Å². The quantitative estimate of drug-likeness (QED) is 0.800. The van der Waals surface area contributed by atoms with Gasteiger partial charge in [0.15, 0.2) is 6.10 Å². The van der Waals surface area contributed by atoms with Crippen molar-refractivity contribution in [3.63, 3.8) is 0 Å². The monoisotopic (exact) mass is 337 g/mol. The number of esters is 1. The Morgan fingerprint density at radius 1 is 1.16 bits per heavy atom. The summed E-state index contributed by atoms with van der Waals surface area (Å²) in [4.78, 5) is 27.1. The third-order valence-electron chi connectivity index (χ3n) is 4.69. The molecule has 25 heavy (non-hydrogen) atoms. The van der Waals surface area contributed by atoms with E-state index >= 15 is 0 Å². The van der Waals surface area contributed by atoms with Gasteiger partial charge in [-0.15, -0.1) is 0 Å². The number of fused-ring (bicyclic) bond motifs is 1. The van der Waals surface area contributed by atoms with Crippen LogP contribution < -0.4 is 4.90 Å². The number of carbonyl (C=O) groups excluding carboxylic acids is 2. The van der Waals surface area contributed by atoms with E-state index in [0.29, 0.717) is 5.56 Å². The zero-order chi connectivity index (χ0) is 18.1. The first-order chi connectivity index (χ1) is 11.9. The summed E-state index contributed by atoms with van der Waals surface area (Å²) in [5.41, 5.74) is 4.40. The van der Waals surface area contributed by atoms with E-state index in [9.17, 15) is 9.59 Å². The third-order valence-corrected chi connectivity index (χ3v) is 4.69. The van der Waals surface area contributed by atoms with Gasteiger partial charge in [-0.1, -0.05) is 35.9 Å². The number of hydrogen-bond donors (Lipinski definition) is 0. The number of ether oxygens (including phenoxy) is 1. The second-order valence-electron chi connectivity index (χ2n) is 6.76. The summed E-state index contributed by atoms with van der Waals surface area (Å²) < 4.78 is 5.48. The van der Waals surface area contributed by atoms with Crippen LogP contribution in [0.4, 0.5) is 5.69 Å². The maximum atomic E-state index is 12.9. The zero-order valence-corrected chi connectivity index (χ0v) is 15.1. The fraction of sp³-hybridized carbons (Fsp3) is 0.333. The highest BCUT2D eigenvalue weighted by Gasteiger charge is 2.34. The summed E-state index contributed by atoms with van der Waals surface area (Å²) in [6.07, 6.45) is -0.0134. The van der Waals surface area contributed by atoms with Crippen molar-refractivity contribution in [3.05, 3.63) is 64.7 Å². The normalized spacial score (nSPS) is 17.1. The van der Waals surface area contributed by atoms with E-state index < -0.39 is 12.1 Å². The number of anilines is 1. The first-order valence-electron chi connectivity index (χ1n) is 8.57. The van der Waals surface area contributed by atoms with E-state index in [-0.39, 0.29) is 11.9 Å². The maximum Gasteiger partial charge on any atom is 0.339 e. The molecule has 2 aromatic rings. The van der Waals surface area contributed by atoms with Crippen LogP contribution in [-0.2, 0) is 16.0 Å². The van der Waals surface area contributed by atoms with Gasteiger partial charge in [-0.25, -0.2) is 4.79 Å². The van der Waals surface area contributed by atoms with Gasteiger partial charge < -0.3 is 9.64 Å². The molecule has 0 radical (unpaired) electrons. The minimum Gasteiger partial charge on any atom is -0.449 e. The van der Waals surface area contributed by atoms with Gasteiger partial charge in [0.1, 0.15) is 0 Å². The Morgan fingerprint density at radius 2 is 1.88 bits per heavy atom. The maximum absolute atomic E-state index is 12.9. The Balaban J connectivity index is 1.77. The summed E-state index contributed by atoms with van der Waals surface area (Å²) >= 11 is 0. The Bertz CT molecular complexity index is 828. The van der Waals surface area contributed by atoms with E-state index in [1.54, 1.807) is 17.9 Å². The summed E-state index contributed by atoms with van der Waals surface area (Å²) in [6.45, 7) is 7.44. The van der Waals surface area contributed by atoms with Gasteiger partial charge in [-0.3, -0.25) is 4.79 Å². The highest BCUT2D eigenvalue weighted by atomic mass is 16.5. The number of carbonyl (C=O) groups is 2. The minimum absolute atomic E-state index is 0.0618. The molecule has 1 heterocycles. The molecule has 4 heteroatoms. The zero-order valence-electron chi connectivity index (χ0n) is 15.1. The van der Waals surface area contributed by atoms with E-state index in [0.717, 1.165) is 28.8 Å². The molecule has 4 nitrogen and oxygen atoms in total. The predicted octanol–water partition coefficient (Wildman–Crippen LogP) is 3.83. The van der Waals surface area contributed by atoms with Crippen LogP contribution in [0.5, 0.6) is 0 Å². The number of amides is 1. The Kier molecular flexibility index (Phi) is 4.62. The standard InChI is InChI=1S/C21H23NO3/c1-13-9-10-14(2)18(11-13)21(24)25-16(4)20(23)22-15(3)12-17-7-5-6-8-19(17)22/h5-11,15-16H,12H2,1-4H3/t15-,16+/m0/s1. The third kappa shape index (κ3) is 3.29. The molecule has 1 aliphatic rings. The van der Waals surface area contributed by atoms with Crippen molar-refractivity contribution in [3.8, 4) is 0 Å². The molecular formula is C21H23NO3. The van der Waals surface area contributed by atoms with Crippen LogP contribution >= 0.6 is 0 Å². The van der Waals surface area contributed by atoms with Crippen molar-refractivity contribution in [1.29, 1.82) is 0 Å². The van der Waals surface area contributed by atoms with E-state index in [2.05, 4.69) is 0 Å². The Labute approximate surface area is 148 Å². The van der Waals surface area contributed by atoms with E-state index in [1.165, 1.54) is 0 Å². The molecule has 0 bridgehead atoms. The fourth-order valence-corrected chi connectivity index (χ4v) is 3.33. The Hall–Kier alpha value is -2.62.